The lowest BCUT2D eigenvalue weighted by atomic mass is 9.90. The molecule has 2 saturated heterocycles. The lowest BCUT2D eigenvalue weighted by molar-refractivity contribution is -0.228. The van der Waals surface area contributed by atoms with Crippen LogP contribution >= 0.6 is 0 Å². The molecule has 2 aliphatic heterocycles. The highest BCUT2D eigenvalue weighted by Crippen LogP contribution is 2.34. The number of hydrogen-bond donors (Lipinski definition) is 1. The minimum Gasteiger partial charge on any atom is -0.375 e. The summed E-state index contributed by atoms with van der Waals surface area (Å²) in [5, 5.41) is 4.26. The summed E-state index contributed by atoms with van der Waals surface area (Å²) in [5.41, 5.74) is 2.29. The number of H-pyrrole nitrogens is 1. The van der Waals surface area contributed by atoms with Crippen molar-refractivity contribution in [1.82, 2.24) is 19.6 Å². The molecule has 2 aliphatic rings. The Morgan fingerprint density at radius 1 is 1.36 bits per heavy atom. The zero-order valence-electron chi connectivity index (χ0n) is 15.4. The monoisotopic (exact) mass is 377 g/mol. The van der Waals surface area contributed by atoms with Crippen LogP contribution in [0.15, 0.2) is 41.6 Å². The molecule has 3 aromatic rings. The van der Waals surface area contributed by atoms with E-state index < -0.39 is 0 Å². The van der Waals surface area contributed by atoms with Gasteiger partial charge in [-0.25, -0.2) is 9.50 Å². The molecule has 8 heteroatoms. The fourth-order valence-electron chi connectivity index (χ4n) is 3.71. The molecule has 28 heavy (non-hydrogen) atoms. The molecule has 8 nitrogen and oxygen atoms in total. The molecule has 142 valence electrons. The van der Waals surface area contributed by atoms with Crippen molar-refractivity contribution in [2.24, 2.45) is 0 Å². The summed E-state index contributed by atoms with van der Waals surface area (Å²) in [6.07, 6.45) is 5.01. The van der Waals surface area contributed by atoms with Gasteiger partial charge in [-0.2, -0.15) is 5.10 Å². The molecule has 5 rings (SSSR count). The molecule has 5 heterocycles. The van der Waals surface area contributed by atoms with Crippen LogP contribution < -0.4 is 10.5 Å². The Balaban J connectivity index is 1.48. The molecule has 1 atom stereocenters. The first-order valence-electron chi connectivity index (χ1n) is 9.18. The van der Waals surface area contributed by atoms with Gasteiger partial charge in [0.15, 0.2) is 5.65 Å². The van der Waals surface area contributed by atoms with E-state index >= 15 is 0 Å². The van der Waals surface area contributed by atoms with Gasteiger partial charge in [-0.3, -0.25) is 4.79 Å². The average molecular weight is 377 g/mol. The second-order valence-corrected chi connectivity index (χ2v) is 7.07. The fourth-order valence-corrected chi connectivity index (χ4v) is 3.71. The topological polar surface area (TPSA) is 84.8 Å². The lowest BCUT2D eigenvalue weighted by Crippen LogP contribution is -2.68. The molecular formula is C20H19N5O3. The van der Waals surface area contributed by atoms with Gasteiger partial charge in [-0.1, -0.05) is 5.92 Å². The summed E-state index contributed by atoms with van der Waals surface area (Å²) in [7, 11) is 0. The van der Waals surface area contributed by atoms with E-state index in [-0.39, 0.29) is 17.2 Å². The number of morpholine rings is 1. The Morgan fingerprint density at radius 3 is 3.07 bits per heavy atom. The third-order valence-corrected chi connectivity index (χ3v) is 5.45. The molecule has 0 aromatic carbocycles. The number of rotatable bonds is 1. The molecule has 2 fully saturated rings. The largest absolute Gasteiger partial charge is 0.375 e. The van der Waals surface area contributed by atoms with Gasteiger partial charge < -0.3 is 19.4 Å². The SMILES string of the molecule is CC1N(c2cc(C#Cc3cnc4cccnn34)c[nH]c2=O)CCOC12COC2. The van der Waals surface area contributed by atoms with Crippen molar-refractivity contribution >= 4 is 11.3 Å². The van der Waals surface area contributed by atoms with Gasteiger partial charge in [-0.05, 0) is 31.0 Å². The number of nitrogens with zero attached hydrogens (tertiary/aromatic N) is 4. The maximum Gasteiger partial charge on any atom is 0.271 e. The van der Waals surface area contributed by atoms with Crippen LogP contribution in [0, 0.1) is 11.8 Å². The zero-order valence-corrected chi connectivity index (χ0v) is 15.4. The molecule has 1 unspecified atom stereocenters. The Bertz CT molecular complexity index is 1150. The second-order valence-electron chi connectivity index (χ2n) is 7.07. The van der Waals surface area contributed by atoms with Crippen molar-refractivity contribution in [3.8, 4) is 11.8 Å². The molecule has 0 saturated carbocycles. The maximum absolute atomic E-state index is 12.5. The molecule has 3 aromatic heterocycles. The number of anilines is 1. The third kappa shape index (κ3) is 2.68. The standard InChI is InChI=1S/C20H19N5O3/c1-14-20(12-27-13-20)28-8-7-24(14)17-9-15(10-22-19(17)26)4-5-16-11-21-18-3-2-6-23-25(16)18/h2-3,6,9-11,14H,7-8,12-13H2,1H3,(H,22,26). The van der Waals surface area contributed by atoms with Crippen molar-refractivity contribution in [2.45, 2.75) is 18.6 Å². The van der Waals surface area contributed by atoms with Crippen LogP contribution in [0.1, 0.15) is 18.2 Å². The Labute approximate surface area is 161 Å². The van der Waals surface area contributed by atoms with Crippen LogP contribution in [-0.4, -0.2) is 57.6 Å². The summed E-state index contributed by atoms with van der Waals surface area (Å²) in [5.74, 6) is 6.19. The van der Waals surface area contributed by atoms with E-state index in [4.69, 9.17) is 9.47 Å². The van der Waals surface area contributed by atoms with E-state index in [2.05, 4.69) is 38.7 Å². The smallest absolute Gasteiger partial charge is 0.271 e. The normalized spacial score (nSPS) is 20.6. The molecule has 0 bridgehead atoms. The van der Waals surface area contributed by atoms with Gasteiger partial charge in [0.2, 0.25) is 0 Å². The number of hydrogen-bond acceptors (Lipinski definition) is 6. The predicted molar refractivity (Wildman–Crippen MR) is 102 cm³/mol. The van der Waals surface area contributed by atoms with Crippen molar-refractivity contribution in [3.05, 3.63) is 58.4 Å². The van der Waals surface area contributed by atoms with Gasteiger partial charge >= 0.3 is 0 Å². The first-order chi connectivity index (χ1) is 13.7. The molecular weight excluding hydrogens is 358 g/mol. The van der Waals surface area contributed by atoms with Crippen LogP contribution in [0.3, 0.4) is 0 Å². The summed E-state index contributed by atoms with van der Waals surface area (Å²) in [4.78, 5) is 21.7. The van der Waals surface area contributed by atoms with Gasteiger partial charge in [0.05, 0.1) is 32.1 Å². The number of imidazole rings is 1. The number of aromatic nitrogens is 4. The van der Waals surface area contributed by atoms with Crippen LogP contribution in [-0.2, 0) is 9.47 Å². The molecule has 0 aliphatic carbocycles. The van der Waals surface area contributed by atoms with Crippen molar-refractivity contribution < 1.29 is 9.47 Å². The quantitative estimate of drug-likeness (QED) is 0.632. The highest BCUT2D eigenvalue weighted by Gasteiger charge is 2.50. The van der Waals surface area contributed by atoms with Crippen LogP contribution in [0.4, 0.5) is 5.69 Å². The number of pyridine rings is 1. The number of fused-ring (bicyclic) bond motifs is 1. The van der Waals surface area contributed by atoms with Crippen molar-refractivity contribution in [2.75, 3.05) is 31.3 Å². The minimum atomic E-state index is -0.325. The highest BCUT2D eigenvalue weighted by molar-refractivity contribution is 5.53. The molecule has 1 spiro atoms. The number of nitrogens with one attached hydrogen (secondary N) is 1. The van der Waals surface area contributed by atoms with Gasteiger partial charge in [0.1, 0.15) is 17.0 Å². The first kappa shape index (κ1) is 17.0. The predicted octanol–water partition coefficient (Wildman–Crippen LogP) is 0.811. The number of aromatic amines is 1. The van der Waals surface area contributed by atoms with E-state index in [1.54, 1.807) is 23.1 Å². The minimum absolute atomic E-state index is 0.0438. The summed E-state index contributed by atoms with van der Waals surface area (Å²) >= 11 is 0. The van der Waals surface area contributed by atoms with E-state index in [1.165, 1.54) is 0 Å². The lowest BCUT2D eigenvalue weighted by Gasteiger charge is -2.53. The number of ether oxygens (including phenoxy) is 2. The molecule has 0 amide bonds. The van der Waals surface area contributed by atoms with Gasteiger partial charge in [0, 0.05) is 24.5 Å². The summed E-state index contributed by atoms with van der Waals surface area (Å²) < 4.78 is 13.0. The van der Waals surface area contributed by atoms with Crippen LogP contribution in [0.2, 0.25) is 0 Å². The Kier molecular flexibility index (Phi) is 3.93. The Morgan fingerprint density at radius 2 is 2.25 bits per heavy atom. The van der Waals surface area contributed by atoms with Gasteiger partial charge in [-0.15, -0.1) is 0 Å². The van der Waals surface area contributed by atoms with E-state index in [0.29, 0.717) is 37.7 Å². The Hall–Kier alpha value is -3.15. The van der Waals surface area contributed by atoms with Crippen LogP contribution in [0.5, 0.6) is 0 Å². The molecule has 1 N–H and O–H groups in total. The summed E-state index contributed by atoms with van der Waals surface area (Å²) in [6.45, 7) is 4.41. The zero-order chi connectivity index (χ0) is 19.1. The second kappa shape index (κ2) is 6.48. The maximum atomic E-state index is 12.5. The highest BCUT2D eigenvalue weighted by atomic mass is 16.6. The van der Waals surface area contributed by atoms with E-state index in [0.717, 1.165) is 11.2 Å². The van der Waals surface area contributed by atoms with Crippen molar-refractivity contribution in [1.29, 1.82) is 0 Å². The molecule has 0 radical (unpaired) electrons. The third-order valence-electron chi connectivity index (χ3n) is 5.45. The summed E-state index contributed by atoms with van der Waals surface area (Å²) in [6, 6.07) is 5.58. The van der Waals surface area contributed by atoms with E-state index in [1.807, 2.05) is 18.2 Å². The van der Waals surface area contributed by atoms with E-state index in [9.17, 15) is 4.79 Å². The first-order valence-corrected chi connectivity index (χ1v) is 9.18. The fraction of sp³-hybridized carbons (Fsp3) is 0.350. The van der Waals surface area contributed by atoms with Crippen LogP contribution in [0.25, 0.3) is 5.65 Å². The van der Waals surface area contributed by atoms with Crippen molar-refractivity contribution in [3.63, 3.8) is 0 Å². The average Bonchev–Trinajstić information content (AvgIpc) is 3.10. The van der Waals surface area contributed by atoms with Gasteiger partial charge in [0.25, 0.3) is 5.56 Å².